The van der Waals surface area contributed by atoms with E-state index in [1.807, 2.05) is 0 Å². The van der Waals surface area contributed by atoms with Crippen LogP contribution in [-0.2, 0) is 9.53 Å². The summed E-state index contributed by atoms with van der Waals surface area (Å²) in [6.07, 6.45) is 0.462. The van der Waals surface area contributed by atoms with Crippen LogP contribution in [0, 0.1) is 11.6 Å². The zero-order valence-electron chi connectivity index (χ0n) is 15.9. The van der Waals surface area contributed by atoms with Gasteiger partial charge in [-0.1, -0.05) is 6.07 Å². The van der Waals surface area contributed by atoms with Gasteiger partial charge in [0.25, 0.3) is 0 Å². The van der Waals surface area contributed by atoms with Gasteiger partial charge in [0.1, 0.15) is 22.7 Å². The molecule has 1 saturated heterocycles. The monoisotopic (exact) mass is 429 g/mol. The molecule has 2 amide bonds. The number of amides is 2. The number of halogens is 2. The van der Waals surface area contributed by atoms with Crippen molar-refractivity contribution in [3.8, 4) is 21.7 Å². The number of carbonyl (C=O) groups excluding carboxylic acids is 2. The maximum atomic E-state index is 14.8. The number of hydrogen-bond acceptors (Lipinski definition) is 5. The SMILES string of the molecule is CC(=O)NC[C@H]1CN(c2ccc(-c3ccc(-c4nccs4)c(F)c3)c(F)c2)C(=O)O1. The van der Waals surface area contributed by atoms with Crippen LogP contribution in [0.4, 0.5) is 19.3 Å². The summed E-state index contributed by atoms with van der Waals surface area (Å²) in [5.41, 5.74) is 1.28. The molecule has 6 nitrogen and oxygen atoms in total. The molecule has 1 atom stereocenters. The molecule has 0 saturated carbocycles. The molecule has 1 fully saturated rings. The van der Waals surface area contributed by atoms with Gasteiger partial charge in [0.2, 0.25) is 5.91 Å². The van der Waals surface area contributed by atoms with Crippen molar-refractivity contribution in [2.75, 3.05) is 18.0 Å². The number of hydrogen-bond donors (Lipinski definition) is 1. The lowest BCUT2D eigenvalue weighted by Gasteiger charge is -2.15. The maximum Gasteiger partial charge on any atom is 0.414 e. The minimum absolute atomic E-state index is 0.183. The van der Waals surface area contributed by atoms with Gasteiger partial charge in [0.15, 0.2) is 0 Å². The zero-order valence-corrected chi connectivity index (χ0v) is 16.7. The summed E-state index contributed by atoms with van der Waals surface area (Å²) in [6.45, 7) is 1.74. The molecule has 4 rings (SSSR count). The Kier molecular flexibility index (Phi) is 5.45. The quantitative estimate of drug-likeness (QED) is 0.659. The van der Waals surface area contributed by atoms with E-state index < -0.39 is 23.8 Å². The van der Waals surface area contributed by atoms with Crippen LogP contribution in [0.3, 0.4) is 0 Å². The highest BCUT2D eigenvalue weighted by Gasteiger charge is 2.32. The molecule has 2 heterocycles. The van der Waals surface area contributed by atoms with Crippen LogP contribution in [0.15, 0.2) is 48.0 Å². The Morgan fingerprint density at radius 2 is 2.00 bits per heavy atom. The van der Waals surface area contributed by atoms with Gasteiger partial charge in [-0.05, 0) is 35.9 Å². The van der Waals surface area contributed by atoms with Crippen molar-refractivity contribution >= 4 is 29.0 Å². The number of nitrogens with zero attached hydrogens (tertiary/aromatic N) is 2. The lowest BCUT2D eigenvalue weighted by molar-refractivity contribution is -0.119. The Balaban J connectivity index is 1.55. The largest absolute Gasteiger partial charge is 0.442 e. The van der Waals surface area contributed by atoms with Crippen molar-refractivity contribution in [2.45, 2.75) is 13.0 Å². The second-order valence-electron chi connectivity index (χ2n) is 6.75. The van der Waals surface area contributed by atoms with E-state index in [0.717, 1.165) is 0 Å². The minimum atomic E-state index is -0.614. The number of cyclic esters (lactones) is 1. The number of benzene rings is 2. The number of anilines is 1. The molecule has 30 heavy (non-hydrogen) atoms. The summed E-state index contributed by atoms with van der Waals surface area (Å²) in [7, 11) is 0. The summed E-state index contributed by atoms with van der Waals surface area (Å²) in [6, 6.07) is 8.75. The first kappa shape index (κ1) is 20.0. The average Bonchev–Trinajstić information content (AvgIpc) is 3.36. The molecule has 0 radical (unpaired) electrons. The van der Waals surface area contributed by atoms with Crippen molar-refractivity contribution < 1.29 is 23.1 Å². The van der Waals surface area contributed by atoms with Crippen LogP contribution >= 0.6 is 11.3 Å². The molecule has 0 aliphatic carbocycles. The minimum Gasteiger partial charge on any atom is -0.442 e. The first-order valence-electron chi connectivity index (χ1n) is 9.14. The number of carbonyl (C=O) groups is 2. The molecule has 0 bridgehead atoms. The van der Waals surface area contributed by atoms with Crippen LogP contribution in [0.5, 0.6) is 0 Å². The molecule has 2 aromatic carbocycles. The average molecular weight is 429 g/mol. The Hall–Kier alpha value is -3.33. The van der Waals surface area contributed by atoms with E-state index in [9.17, 15) is 18.4 Å². The van der Waals surface area contributed by atoms with Crippen LogP contribution in [-0.4, -0.2) is 36.2 Å². The van der Waals surface area contributed by atoms with Gasteiger partial charge < -0.3 is 10.1 Å². The third-order valence-electron chi connectivity index (χ3n) is 4.66. The second-order valence-corrected chi connectivity index (χ2v) is 7.64. The lowest BCUT2D eigenvalue weighted by Crippen LogP contribution is -2.33. The molecule has 0 spiro atoms. The van der Waals surface area contributed by atoms with E-state index in [2.05, 4.69) is 10.3 Å². The van der Waals surface area contributed by atoms with Gasteiger partial charge >= 0.3 is 6.09 Å². The molecule has 1 aliphatic heterocycles. The summed E-state index contributed by atoms with van der Waals surface area (Å²) >= 11 is 1.32. The zero-order chi connectivity index (χ0) is 21.3. The summed E-state index contributed by atoms with van der Waals surface area (Å²) in [4.78, 5) is 28.5. The van der Waals surface area contributed by atoms with Gasteiger partial charge in [-0.3, -0.25) is 9.69 Å². The van der Waals surface area contributed by atoms with Crippen molar-refractivity contribution in [3.63, 3.8) is 0 Å². The van der Waals surface area contributed by atoms with Crippen LogP contribution < -0.4 is 10.2 Å². The van der Waals surface area contributed by atoms with Crippen LogP contribution in [0.25, 0.3) is 21.7 Å². The van der Waals surface area contributed by atoms with Gasteiger partial charge in [-0.25, -0.2) is 18.6 Å². The third-order valence-corrected chi connectivity index (χ3v) is 5.47. The Bertz CT molecular complexity index is 1100. The Morgan fingerprint density at radius 3 is 2.67 bits per heavy atom. The van der Waals surface area contributed by atoms with Crippen molar-refractivity contribution in [3.05, 3.63) is 59.6 Å². The van der Waals surface area contributed by atoms with Gasteiger partial charge in [0, 0.05) is 29.6 Å². The number of aromatic nitrogens is 1. The highest BCUT2D eigenvalue weighted by atomic mass is 32.1. The molecule has 1 N–H and O–H groups in total. The Morgan fingerprint density at radius 1 is 1.23 bits per heavy atom. The molecule has 9 heteroatoms. The first-order chi connectivity index (χ1) is 14.4. The van der Waals surface area contributed by atoms with E-state index in [1.54, 1.807) is 29.8 Å². The normalized spacial score (nSPS) is 15.9. The lowest BCUT2D eigenvalue weighted by atomic mass is 10.0. The Labute approximate surface area is 175 Å². The summed E-state index contributed by atoms with van der Waals surface area (Å²) in [5.74, 6) is -1.31. The van der Waals surface area contributed by atoms with Crippen molar-refractivity contribution in [1.29, 1.82) is 0 Å². The van der Waals surface area contributed by atoms with Crippen LogP contribution in [0.2, 0.25) is 0 Å². The smallest absolute Gasteiger partial charge is 0.414 e. The fraction of sp³-hybridized carbons (Fsp3) is 0.190. The van der Waals surface area contributed by atoms with Crippen molar-refractivity contribution in [1.82, 2.24) is 10.3 Å². The predicted molar refractivity (Wildman–Crippen MR) is 109 cm³/mol. The van der Waals surface area contributed by atoms with Gasteiger partial charge in [-0.2, -0.15) is 0 Å². The third kappa shape index (κ3) is 4.02. The first-order valence-corrected chi connectivity index (χ1v) is 10.0. The molecule has 3 aromatic rings. The standard InChI is InChI=1S/C21H17F2N3O3S/c1-12(27)25-10-15-11-26(21(28)29-15)14-3-5-16(19(23)9-14)13-2-4-17(18(22)8-13)20-24-6-7-30-20/h2-9,15H,10-11H2,1H3,(H,25,27)/t15-/m0/s1. The van der Waals surface area contributed by atoms with E-state index in [0.29, 0.717) is 21.8 Å². The fourth-order valence-corrected chi connectivity index (χ4v) is 3.88. The second kappa shape index (κ2) is 8.19. The molecular weight excluding hydrogens is 412 g/mol. The molecule has 1 aromatic heterocycles. The van der Waals surface area contributed by atoms with Gasteiger partial charge in [0.05, 0.1) is 18.8 Å². The topological polar surface area (TPSA) is 71.5 Å². The van der Waals surface area contributed by atoms with Crippen molar-refractivity contribution in [2.24, 2.45) is 0 Å². The van der Waals surface area contributed by atoms with Gasteiger partial charge in [-0.15, -0.1) is 11.3 Å². The van der Waals surface area contributed by atoms with E-state index >= 15 is 0 Å². The summed E-state index contributed by atoms with van der Waals surface area (Å²) < 4.78 is 34.5. The number of ether oxygens (including phenoxy) is 1. The maximum absolute atomic E-state index is 14.8. The fourth-order valence-electron chi connectivity index (χ4n) is 3.21. The van der Waals surface area contributed by atoms with Crippen LogP contribution in [0.1, 0.15) is 6.92 Å². The number of thiazole rings is 1. The number of nitrogens with one attached hydrogen (secondary N) is 1. The molecule has 0 unspecified atom stereocenters. The summed E-state index contributed by atoms with van der Waals surface area (Å²) in [5, 5.41) is 4.89. The highest BCUT2D eigenvalue weighted by Crippen LogP contribution is 2.32. The number of rotatable bonds is 5. The molecule has 154 valence electrons. The van der Waals surface area contributed by atoms with E-state index in [-0.39, 0.29) is 24.6 Å². The molecular formula is C21H17F2N3O3S. The highest BCUT2D eigenvalue weighted by molar-refractivity contribution is 7.13. The van der Waals surface area contributed by atoms with E-state index in [1.165, 1.54) is 41.4 Å². The van der Waals surface area contributed by atoms with E-state index in [4.69, 9.17) is 4.74 Å². The predicted octanol–water partition coefficient (Wildman–Crippen LogP) is 4.22. The molecule has 1 aliphatic rings.